The largest absolute Gasteiger partial charge is 0.381 e. The van der Waals surface area contributed by atoms with Gasteiger partial charge in [-0.2, -0.15) is 0 Å². The fourth-order valence-electron chi connectivity index (χ4n) is 2.36. The Balaban J connectivity index is 1.97. The van der Waals surface area contributed by atoms with Crippen molar-refractivity contribution in [2.45, 2.75) is 32.4 Å². The topological polar surface area (TPSA) is 21.3 Å². The molecule has 1 aromatic rings. The van der Waals surface area contributed by atoms with Gasteiger partial charge in [0, 0.05) is 18.7 Å². The Hall–Kier alpha value is -0.280. The molecule has 1 aromatic carbocycles. The third-order valence-corrected chi connectivity index (χ3v) is 4.37. The number of rotatable bonds is 4. The van der Waals surface area contributed by atoms with E-state index in [2.05, 4.69) is 19.2 Å². The van der Waals surface area contributed by atoms with Crippen LogP contribution in [0.15, 0.2) is 18.2 Å². The molecule has 0 aromatic heterocycles. The molecule has 0 saturated carbocycles. The molecule has 4 heteroatoms. The van der Waals surface area contributed by atoms with Gasteiger partial charge in [-0.25, -0.2) is 0 Å². The number of hydrogen-bond donors (Lipinski definition) is 1. The van der Waals surface area contributed by atoms with Crippen LogP contribution in [0.4, 0.5) is 0 Å². The molecule has 3 atom stereocenters. The van der Waals surface area contributed by atoms with E-state index in [9.17, 15) is 0 Å². The van der Waals surface area contributed by atoms with Crippen molar-refractivity contribution in [1.29, 1.82) is 0 Å². The van der Waals surface area contributed by atoms with Gasteiger partial charge in [-0.15, -0.1) is 0 Å². The van der Waals surface area contributed by atoms with Crippen LogP contribution < -0.4 is 5.32 Å². The molecular weight excluding hydrogens is 269 g/mol. The summed E-state index contributed by atoms with van der Waals surface area (Å²) < 4.78 is 5.42. The van der Waals surface area contributed by atoms with Gasteiger partial charge in [0.25, 0.3) is 0 Å². The normalized spacial score (nSPS) is 23.0. The van der Waals surface area contributed by atoms with Crippen LogP contribution in [0.2, 0.25) is 10.0 Å². The quantitative estimate of drug-likeness (QED) is 0.901. The maximum Gasteiger partial charge on any atom is 0.0595 e. The molecular formula is C14H19Cl2NO. The summed E-state index contributed by atoms with van der Waals surface area (Å²) in [6, 6.07) is 6.50. The predicted molar refractivity (Wildman–Crippen MR) is 76.4 cm³/mol. The maximum atomic E-state index is 6.04. The zero-order chi connectivity index (χ0) is 13.1. The average Bonchev–Trinajstić information content (AvgIpc) is 2.86. The number of hydrogen-bond acceptors (Lipinski definition) is 2. The molecule has 1 fully saturated rings. The van der Waals surface area contributed by atoms with E-state index in [4.69, 9.17) is 27.9 Å². The summed E-state index contributed by atoms with van der Waals surface area (Å²) in [7, 11) is 0. The lowest BCUT2D eigenvalue weighted by molar-refractivity contribution is 0.177. The second-order valence-electron chi connectivity index (χ2n) is 4.97. The zero-order valence-electron chi connectivity index (χ0n) is 10.7. The Labute approximate surface area is 119 Å². The van der Waals surface area contributed by atoms with Gasteiger partial charge < -0.3 is 10.1 Å². The van der Waals surface area contributed by atoms with Crippen molar-refractivity contribution in [2.24, 2.45) is 5.92 Å². The first-order valence-corrected chi connectivity index (χ1v) is 7.12. The SMILES string of the molecule is CC(NC(C)C1CCOC1)c1ccc(Cl)c(Cl)c1. The zero-order valence-corrected chi connectivity index (χ0v) is 12.3. The van der Waals surface area contributed by atoms with Crippen molar-refractivity contribution in [3.8, 4) is 0 Å². The third kappa shape index (κ3) is 3.39. The van der Waals surface area contributed by atoms with Crippen molar-refractivity contribution in [3.05, 3.63) is 33.8 Å². The third-order valence-electron chi connectivity index (χ3n) is 3.63. The average molecular weight is 288 g/mol. The van der Waals surface area contributed by atoms with Crippen LogP contribution in [-0.4, -0.2) is 19.3 Å². The van der Waals surface area contributed by atoms with E-state index >= 15 is 0 Å². The molecule has 100 valence electrons. The van der Waals surface area contributed by atoms with Crippen LogP contribution in [-0.2, 0) is 4.74 Å². The van der Waals surface area contributed by atoms with Crippen LogP contribution in [0.3, 0.4) is 0 Å². The highest BCUT2D eigenvalue weighted by molar-refractivity contribution is 6.42. The van der Waals surface area contributed by atoms with Gasteiger partial charge in [0.2, 0.25) is 0 Å². The van der Waals surface area contributed by atoms with Crippen LogP contribution >= 0.6 is 23.2 Å². The first-order valence-electron chi connectivity index (χ1n) is 6.36. The minimum Gasteiger partial charge on any atom is -0.381 e. The van der Waals surface area contributed by atoms with Gasteiger partial charge in [-0.05, 0) is 43.9 Å². The Morgan fingerprint density at radius 3 is 2.67 bits per heavy atom. The molecule has 0 bridgehead atoms. The highest BCUT2D eigenvalue weighted by atomic mass is 35.5. The molecule has 0 aliphatic carbocycles. The highest BCUT2D eigenvalue weighted by Gasteiger charge is 2.23. The Morgan fingerprint density at radius 1 is 1.28 bits per heavy atom. The van der Waals surface area contributed by atoms with Crippen LogP contribution in [0.1, 0.15) is 31.9 Å². The monoisotopic (exact) mass is 287 g/mol. The lowest BCUT2D eigenvalue weighted by atomic mass is 9.98. The summed E-state index contributed by atoms with van der Waals surface area (Å²) in [6.45, 7) is 6.11. The second kappa shape index (κ2) is 6.25. The summed E-state index contributed by atoms with van der Waals surface area (Å²) in [5, 5.41) is 4.82. The summed E-state index contributed by atoms with van der Waals surface area (Å²) >= 11 is 12.0. The Morgan fingerprint density at radius 2 is 2.06 bits per heavy atom. The van der Waals surface area contributed by atoms with E-state index in [1.165, 1.54) is 0 Å². The number of ether oxygens (including phenoxy) is 1. The molecule has 1 saturated heterocycles. The lowest BCUT2D eigenvalue weighted by Crippen LogP contribution is -2.35. The van der Waals surface area contributed by atoms with Gasteiger partial charge in [0.1, 0.15) is 0 Å². The predicted octanol–water partition coefficient (Wildman–Crippen LogP) is 4.07. The van der Waals surface area contributed by atoms with Gasteiger partial charge in [-0.3, -0.25) is 0 Å². The van der Waals surface area contributed by atoms with Crippen molar-refractivity contribution < 1.29 is 4.74 Å². The highest BCUT2D eigenvalue weighted by Crippen LogP contribution is 2.26. The lowest BCUT2D eigenvalue weighted by Gasteiger charge is -2.24. The maximum absolute atomic E-state index is 6.04. The summed E-state index contributed by atoms with van der Waals surface area (Å²) in [5.74, 6) is 0.607. The van der Waals surface area contributed by atoms with Gasteiger partial charge >= 0.3 is 0 Å². The van der Waals surface area contributed by atoms with Crippen molar-refractivity contribution >= 4 is 23.2 Å². The number of benzene rings is 1. The molecule has 2 rings (SSSR count). The molecule has 1 heterocycles. The van der Waals surface area contributed by atoms with Crippen LogP contribution in [0.5, 0.6) is 0 Å². The number of nitrogens with one attached hydrogen (secondary N) is 1. The summed E-state index contributed by atoms with van der Waals surface area (Å²) in [6.07, 6.45) is 1.14. The van der Waals surface area contributed by atoms with E-state index in [1.807, 2.05) is 18.2 Å². The standard InChI is InChI=1S/C14H19Cl2NO/c1-9(11-3-4-13(15)14(16)7-11)17-10(2)12-5-6-18-8-12/h3-4,7,9-10,12,17H,5-6,8H2,1-2H3. The molecule has 1 aliphatic rings. The van der Waals surface area contributed by atoms with Gasteiger partial charge in [0.05, 0.1) is 16.7 Å². The number of halogens is 2. The first-order chi connectivity index (χ1) is 8.58. The van der Waals surface area contributed by atoms with Crippen LogP contribution in [0.25, 0.3) is 0 Å². The minimum absolute atomic E-state index is 0.260. The minimum atomic E-state index is 0.260. The van der Waals surface area contributed by atoms with E-state index < -0.39 is 0 Å². The summed E-state index contributed by atoms with van der Waals surface area (Å²) in [5.41, 5.74) is 1.16. The molecule has 0 radical (unpaired) electrons. The molecule has 1 N–H and O–H groups in total. The van der Waals surface area contributed by atoms with Crippen LogP contribution in [0, 0.1) is 5.92 Å². The first kappa shape index (κ1) is 14.1. The van der Waals surface area contributed by atoms with Gasteiger partial charge in [0.15, 0.2) is 0 Å². The fourth-order valence-corrected chi connectivity index (χ4v) is 2.66. The molecule has 0 amide bonds. The van der Waals surface area contributed by atoms with Crippen molar-refractivity contribution in [3.63, 3.8) is 0 Å². The molecule has 18 heavy (non-hydrogen) atoms. The molecule has 1 aliphatic heterocycles. The summed E-state index contributed by atoms with van der Waals surface area (Å²) in [4.78, 5) is 0. The molecule has 0 spiro atoms. The van der Waals surface area contributed by atoms with E-state index in [-0.39, 0.29) is 6.04 Å². The van der Waals surface area contributed by atoms with Crippen molar-refractivity contribution in [2.75, 3.05) is 13.2 Å². The fraction of sp³-hybridized carbons (Fsp3) is 0.571. The second-order valence-corrected chi connectivity index (χ2v) is 5.79. The van der Waals surface area contributed by atoms with E-state index in [1.54, 1.807) is 0 Å². The Bertz CT molecular complexity index is 405. The van der Waals surface area contributed by atoms with E-state index in [0.29, 0.717) is 22.0 Å². The smallest absolute Gasteiger partial charge is 0.0595 e. The molecule has 2 nitrogen and oxygen atoms in total. The van der Waals surface area contributed by atoms with Gasteiger partial charge in [-0.1, -0.05) is 29.3 Å². The molecule has 3 unspecified atom stereocenters. The van der Waals surface area contributed by atoms with Crippen molar-refractivity contribution in [1.82, 2.24) is 5.32 Å². The Kier molecular flexibility index (Phi) is 4.91. The van der Waals surface area contributed by atoms with E-state index in [0.717, 1.165) is 25.2 Å².